The molecule has 0 radical (unpaired) electrons. The molecule has 0 fully saturated rings. The minimum Gasteiger partial charge on any atom is -0.469 e. The van der Waals surface area contributed by atoms with Crippen molar-refractivity contribution in [3.63, 3.8) is 0 Å². The van der Waals surface area contributed by atoms with Crippen LogP contribution >= 0.6 is 0 Å². The quantitative estimate of drug-likeness (QED) is 0.677. The predicted octanol–water partition coefficient (Wildman–Crippen LogP) is 2.86. The van der Waals surface area contributed by atoms with E-state index in [0.717, 1.165) is 5.76 Å². The van der Waals surface area contributed by atoms with Crippen molar-refractivity contribution in [2.75, 3.05) is 0 Å². The normalized spacial score (nSPS) is 11.9. The van der Waals surface area contributed by atoms with Crippen molar-refractivity contribution in [3.8, 4) is 0 Å². The molecule has 1 atom stereocenters. The Labute approximate surface area is 121 Å². The van der Waals surface area contributed by atoms with Crippen LogP contribution in [0.3, 0.4) is 0 Å². The van der Waals surface area contributed by atoms with Crippen LogP contribution in [0.15, 0.2) is 41.0 Å². The number of benzene rings is 1. The van der Waals surface area contributed by atoms with Gasteiger partial charge in [0.1, 0.15) is 5.76 Å². The monoisotopic (exact) mass is 288 g/mol. The number of hydrogen-bond acceptors (Lipinski definition) is 4. The van der Waals surface area contributed by atoms with Gasteiger partial charge in [0.15, 0.2) is 0 Å². The van der Waals surface area contributed by atoms with E-state index in [0.29, 0.717) is 17.5 Å². The van der Waals surface area contributed by atoms with E-state index in [4.69, 9.17) is 4.42 Å². The van der Waals surface area contributed by atoms with E-state index in [1.807, 2.05) is 13.0 Å². The highest BCUT2D eigenvalue weighted by molar-refractivity contribution is 5.96. The molecule has 6 heteroatoms. The molecule has 1 aromatic heterocycles. The zero-order valence-electron chi connectivity index (χ0n) is 11.8. The lowest BCUT2D eigenvalue weighted by Gasteiger charge is -2.13. The molecule has 0 aliphatic rings. The van der Waals surface area contributed by atoms with Crippen LogP contribution in [0, 0.1) is 17.0 Å². The Hall–Kier alpha value is -2.63. The molecule has 0 saturated heterocycles. The van der Waals surface area contributed by atoms with Crippen LogP contribution in [0.4, 0.5) is 5.69 Å². The zero-order valence-corrected chi connectivity index (χ0v) is 11.8. The number of amides is 1. The van der Waals surface area contributed by atoms with Crippen molar-refractivity contribution in [3.05, 3.63) is 63.6 Å². The molecule has 2 aromatic rings. The molecule has 110 valence electrons. The highest BCUT2D eigenvalue weighted by Gasteiger charge is 2.19. The molecule has 0 aliphatic heterocycles. The zero-order chi connectivity index (χ0) is 15.4. The summed E-state index contributed by atoms with van der Waals surface area (Å²) in [6.45, 7) is 3.43. The standard InChI is InChI=1S/C15H16N2O4/c1-10(9-12-5-4-8-21-12)16-15(18)13-6-3-7-14(11(13)2)17(19)20/h3-8,10H,9H2,1-2H3,(H,16,18). The highest BCUT2D eigenvalue weighted by atomic mass is 16.6. The Kier molecular flexibility index (Phi) is 4.37. The number of carbonyl (C=O) groups is 1. The van der Waals surface area contributed by atoms with Crippen LogP contribution in [0.1, 0.15) is 28.6 Å². The summed E-state index contributed by atoms with van der Waals surface area (Å²) in [4.78, 5) is 22.6. The lowest BCUT2D eigenvalue weighted by molar-refractivity contribution is -0.385. The van der Waals surface area contributed by atoms with Gasteiger partial charge in [0.05, 0.1) is 11.2 Å². The summed E-state index contributed by atoms with van der Waals surface area (Å²) in [5, 5.41) is 13.7. The minimum atomic E-state index is -0.488. The molecule has 1 heterocycles. The average molecular weight is 288 g/mol. The summed E-state index contributed by atoms with van der Waals surface area (Å²) in [5.74, 6) is 0.453. The first kappa shape index (κ1) is 14.8. The number of carbonyl (C=O) groups excluding carboxylic acids is 1. The molecular weight excluding hydrogens is 272 g/mol. The SMILES string of the molecule is Cc1c(C(=O)NC(C)Cc2ccco2)cccc1[N+](=O)[O-]. The van der Waals surface area contributed by atoms with Crippen LogP contribution in [0.5, 0.6) is 0 Å². The minimum absolute atomic E-state index is 0.0543. The van der Waals surface area contributed by atoms with Crippen molar-refractivity contribution in [1.82, 2.24) is 5.32 Å². The third-order valence-electron chi connectivity index (χ3n) is 3.21. The van der Waals surface area contributed by atoms with E-state index in [2.05, 4.69) is 5.32 Å². The number of nitrogens with zero attached hydrogens (tertiary/aromatic N) is 1. The van der Waals surface area contributed by atoms with E-state index >= 15 is 0 Å². The first-order valence-corrected chi connectivity index (χ1v) is 6.56. The van der Waals surface area contributed by atoms with Crippen LogP contribution in [-0.2, 0) is 6.42 Å². The van der Waals surface area contributed by atoms with E-state index in [-0.39, 0.29) is 17.6 Å². The summed E-state index contributed by atoms with van der Waals surface area (Å²) in [6, 6.07) is 7.96. The Bertz CT molecular complexity index is 650. The third kappa shape index (κ3) is 3.47. The predicted molar refractivity (Wildman–Crippen MR) is 77.2 cm³/mol. The summed E-state index contributed by atoms with van der Waals surface area (Å²) in [6.07, 6.45) is 2.14. The molecule has 1 N–H and O–H groups in total. The van der Waals surface area contributed by atoms with Gasteiger partial charge in [0, 0.05) is 29.7 Å². The molecule has 21 heavy (non-hydrogen) atoms. The molecule has 1 unspecified atom stereocenters. The van der Waals surface area contributed by atoms with E-state index in [1.165, 1.54) is 12.1 Å². The van der Waals surface area contributed by atoms with Gasteiger partial charge >= 0.3 is 0 Å². The second-order valence-corrected chi connectivity index (χ2v) is 4.86. The van der Waals surface area contributed by atoms with Gasteiger partial charge in [-0.1, -0.05) is 6.07 Å². The smallest absolute Gasteiger partial charge is 0.273 e. The molecule has 0 spiro atoms. The molecule has 0 aliphatic carbocycles. The maximum absolute atomic E-state index is 12.2. The fourth-order valence-corrected chi connectivity index (χ4v) is 2.15. The van der Waals surface area contributed by atoms with Gasteiger partial charge in [-0.25, -0.2) is 0 Å². The van der Waals surface area contributed by atoms with Crippen molar-refractivity contribution < 1.29 is 14.1 Å². The summed E-state index contributed by atoms with van der Waals surface area (Å²) in [5.41, 5.74) is 0.627. The Balaban J connectivity index is 2.10. The fraction of sp³-hybridized carbons (Fsp3) is 0.267. The molecule has 2 rings (SSSR count). The number of furan rings is 1. The summed E-state index contributed by atoms with van der Waals surface area (Å²) < 4.78 is 5.23. The van der Waals surface area contributed by atoms with Crippen LogP contribution in [-0.4, -0.2) is 16.9 Å². The molecule has 6 nitrogen and oxygen atoms in total. The van der Waals surface area contributed by atoms with Gasteiger partial charge < -0.3 is 9.73 Å². The fourth-order valence-electron chi connectivity index (χ4n) is 2.15. The summed E-state index contributed by atoms with van der Waals surface area (Å²) >= 11 is 0. The molecule has 1 amide bonds. The van der Waals surface area contributed by atoms with Gasteiger partial charge in [-0.15, -0.1) is 0 Å². The van der Waals surface area contributed by atoms with Gasteiger partial charge in [-0.2, -0.15) is 0 Å². The van der Waals surface area contributed by atoms with Crippen molar-refractivity contribution >= 4 is 11.6 Å². The van der Waals surface area contributed by atoms with Crippen LogP contribution < -0.4 is 5.32 Å². The van der Waals surface area contributed by atoms with Crippen LogP contribution in [0.2, 0.25) is 0 Å². The van der Waals surface area contributed by atoms with Gasteiger partial charge in [-0.3, -0.25) is 14.9 Å². The maximum atomic E-state index is 12.2. The molecule has 0 saturated carbocycles. The number of hydrogen-bond donors (Lipinski definition) is 1. The van der Waals surface area contributed by atoms with E-state index < -0.39 is 4.92 Å². The lowest BCUT2D eigenvalue weighted by Crippen LogP contribution is -2.34. The molecular formula is C15H16N2O4. The Morgan fingerprint density at radius 1 is 1.38 bits per heavy atom. The average Bonchev–Trinajstić information content (AvgIpc) is 2.91. The van der Waals surface area contributed by atoms with Crippen molar-refractivity contribution in [2.45, 2.75) is 26.3 Å². The first-order chi connectivity index (χ1) is 9.99. The van der Waals surface area contributed by atoms with Gasteiger partial charge in [0.25, 0.3) is 11.6 Å². The Morgan fingerprint density at radius 2 is 2.14 bits per heavy atom. The van der Waals surface area contributed by atoms with Gasteiger partial charge in [-0.05, 0) is 32.0 Å². The lowest BCUT2D eigenvalue weighted by atomic mass is 10.1. The van der Waals surface area contributed by atoms with Crippen molar-refractivity contribution in [1.29, 1.82) is 0 Å². The maximum Gasteiger partial charge on any atom is 0.273 e. The number of rotatable bonds is 5. The largest absolute Gasteiger partial charge is 0.469 e. The number of nitrogens with one attached hydrogen (secondary N) is 1. The third-order valence-corrected chi connectivity index (χ3v) is 3.21. The van der Waals surface area contributed by atoms with Crippen LogP contribution in [0.25, 0.3) is 0 Å². The molecule has 1 aromatic carbocycles. The molecule has 0 bridgehead atoms. The van der Waals surface area contributed by atoms with Crippen molar-refractivity contribution in [2.24, 2.45) is 0 Å². The number of nitro benzene ring substituents is 1. The second kappa shape index (κ2) is 6.21. The summed E-state index contributed by atoms with van der Waals surface area (Å²) in [7, 11) is 0. The van der Waals surface area contributed by atoms with E-state index in [1.54, 1.807) is 25.3 Å². The Morgan fingerprint density at radius 3 is 2.76 bits per heavy atom. The second-order valence-electron chi connectivity index (χ2n) is 4.86. The number of nitro groups is 1. The van der Waals surface area contributed by atoms with E-state index in [9.17, 15) is 14.9 Å². The van der Waals surface area contributed by atoms with Gasteiger partial charge in [0.2, 0.25) is 0 Å². The first-order valence-electron chi connectivity index (χ1n) is 6.56. The topological polar surface area (TPSA) is 85.4 Å². The highest BCUT2D eigenvalue weighted by Crippen LogP contribution is 2.21.